The van der Waals surface area contributed by atoms with E-state index in [-0.39, 0.29) is 0 Å². The van der Waals surface area contributed by atoms with E-state index < -0.39 is 0 Å². The van der Waals surface area contributed by atoms with Crippen LogP contribution in [-0.4, -0.2) is 10.9 Å². The quantitative estimate of drug-likeness (QED) is 0.673. The van der Waals surface area contributed by atoms with Gasteiger partial charge in [-0.2, -0.15) is 0 Å². The zero-order valence-electron chi connectivity index (χ0n) is 10.1. The molecular weight excluding hydrogens is 326 g/mol. The lowest BCUT2D eigenvalue weighted by molar-refractivity contribution is 0.307. The second-order valence-electron chi connectivity index (χ2n) is 4.35. The molecule has 0 spiro atoms. The Kier molecular flexibility index (Phi) is 3.57. The Morgan fingerprint density at radius 3 is 3.00 bits per heavy atom. The molecule has 0 saturated heterocycles. The second-order valence-corrected chi connectivity index (χ2v) is 6.26. The molecule has 3 nitrogen and oxygen atoms in total. The van der Waals surface area contributed by atoms with Gasteiger partial charge in [0.05, 0.1) is 5.71 Å². The highest BCUT2D eigenvalue weighted by atomic mass is 79.9. The van der Waals surface area contributed by atoms with Gasteiger partial charge in [0.25, 0.3) is 0 Å². The molecule has 5 heteroatoms. The van der Waals surface area contributed by atoms with E-state index >= 15 is 0 Å². The lowest BCUT2D eigenvalue weighted by Crippen LogP contribution is -1.98. The van der Waals surface area contributed by atoms with E-state index in [0.717, 1.165) is 39.9 Å². The first-order valence-corrected chi connectivity index (χ1v) is 7.64. The van der Waals surface area contributed by atoms with E-state index in [0.29, 0.717) is 6.61 Å². The molecule has 1 aromatic heterocycles. The summed E-state index contributed by atoms with van der Waals surface area (Å²) in [6.45, 7) is 0.568. The van der Waals surface area contributed by atoms with Crippen molar-refractivity contribution in [1.82, 2.24) is 0 Å². The highest BCUT2D eigenvalue weighted by molar-refractivity contribution is 9.10. The van der Waals surface area contributed by atoms with Crippen molar-refractivity contribution in [1.29, 1.82) is 0 Å². The molecule has 0 bridgehead atoms. The summed E-state index contributed by atoms with van der Waals surface area (Å²) in [5.41, 5.74) is 2.90. The van der Waals surface area contributed by atoms with Crippen molar-refractivity contribution in [2.24, 2.45) is 5.16 Å². The van der Waals surface area contributed by atoms with Crippen LogP contribution in [0.25, 0.3) is 0 Å². The third-order valence-corrected chi connectivity index (χ3v) is 4.84. The minimum atomic E-state index is 0.568. The lowest BCUT2D eigenvalue weighted by Gasteiger charge is -2.09. The number of hydrogen-bond acceptors (Lipinski definition) is 4. The van der Waals surface area contributed by atoms with E-state index in [1.165, 1.54) is 4.88 Å². The maximum absolute atomic E-state index is 8.96. The van der Waals surface area contributed by atoms with Crippen LogP contribution in [0.2, 0.25) is 0 Å². The number of rotatable bonds is 3. The Bertz CT molecular complexity index is 636. The van der Waals surface area contributed by atoms with E-state index in [4.69, 9.17) is 9.94 Å². The molecule has 0 amide bonds. The summed E-state index contributed by atoms with van der Waals surface area (Å²) in [7, 11) is 0. The van der Waals surface area contributed by atoms with Crippen molar-refractivity contribution in [3.8, 4) is 5.75 Å². The Labute approximate surface area is 123 Å². The highest BCUT2D eigenvalue weighted by Crippen LogP contribution is 2.32. The maximum Gasteiger partial charge on any atom is 0.123 e. The fourth-order valence-electron chi connectivity index (χ4n) is 2.29. The van der Waals surface area contributed by atoms with E-state index in [9.17, 15) is 0 Å². The first-order valence-electron chi connectivity index (χ1n) is 5.97. The molecule has 1 aliphatic rings. The van der Waals surface area contributed by atoms with Gasteiger partial charge >= 0.3 is 0 Å². The standard InChI is InChI=1S/C14H12BrNO2S/c15-9-6-10(19-8-9)7-18-14-3-1-2-11-12(14)4-5-13(11)16-17/h1-3,6,8,17H,4-5,7H2. The van der Waals surface area contributed by atoms with Crippen LogP contribution >= 0.6 is 27.3 Å². The first kappa shape index (κ1) is 12.7. The van der Waals surface area contributed by atoms with Crippen LogP contribution < -0.4 is 4.74 Å². The van der Waals surface area contributed by atoms with Crippen LogP contribution in [0.4, 0.5) is 0 Å². The Hall–Kier alpha value is -1.33. The summed E-state index contributed by atoms with van der Waals surface area (Å²) in [4.78, 5) is 1.18. The number of hydrogen-bond donors (Lipinski definition) is 1. The van der Waals surface area contributed by atoms with Crippen LogP contribution in [0.1, 0.15) is 22.4 Å². The van der Waals surface area contributed by atoms with Gasteiger partial charge in [0.2, 0.25) is 0 Å². The first-order chi connectivity index (χ1) is 9.28. The van der Waals surface area contributed by atoms with Gasteiger partial charge in [0, 0.05) is 25.9 Å². The summed E-state index contributed by atoms with van der Waals surface area (Å²) in [5.74, 6) is 0.890. The molecule has 0 atom stereocenters. The summed E-state index contributed by atoms with van der Waals surface area (Å²) in [6, 6.07) is 7.96. The molecule has 19 heavy (non-hydrogen) atoms. The SMILES string of the molecule is ON=C1CCc2c(OCc3cc(Br)cs3)cccc21. The monoisotopic (exact) mass is 337 g/mol. The molecule has 0 saturated carbocycles. The van der Waals surface area contributed by atoms with Gasteiger partial charge in [-0.15, -0.1) is 11.3 Å². The van der Waals surface area contributed by atoms with Crippen molar-refractivity contribution in [3.63, 3.8) is 0 Å². The second kappa shape index (κ2) is 5.35. The highest BCUT2D eigenvalue weighted by Gasteiger charge is 2.21. The Balaban J connectivity index is 1.81. The molecule has 0 unspecified atom stereocenters. The van der Waals surface area contributed by atoms with Crippen molar-refractivity contribution < 1.29 is 9.94 Å². The molecule has 0 radical (unpaired) electrons. The van der Waals surface area contributed by atoms with Gasteiger partial charge in [-0.05, 0) is 40.9 Å². The molecule has 1 heterocycles. The zero-order chi connectivity index (χ0) is 13.2. The summed E-state index contributed by atoms with van der Waals surface area (Å²) in [5, 5.41) is 14.4. The topological polar surface area (TPSA) is 41.8 Å². The van der Waals surface area contributed by atoms with Crippen LogP contribution in [0.15, 0.2) is 39.3 Å². The Morgan fingerprint density at radius 2 is 2.26 bits per heavy atom. The van der Waals surface area contributed by atoms with Gasteiger partial charge < -0.3 is 9.94 Å². The number of ether oxygens (including phenoxy) is 1. The number of nitrogens with zero attached hydrogens (tertiary/aromatic N) is 1. The number of thiophene rings is 1. The van der Waals surface area contributed by atoms with Crippen molar-refractivity contribution in [2.45, 2.75) is 19.4 Å². The summed E-state index contributed by atoms with van der Waals surface area (Å²) in [6.07, 6.45) is 1.65. The van der Waals surface area contributed by atoms with Crippen molar-refractivity contribution >= 4 is 33.0 Å². The van der Waals surface area contributed by atoms with Gasteiger partial charge in [-0.25, -0.2) is 0 Å². The number of halogens is 1. The largest absolute Gasteiger partial charge is 0.488 e. The summed E-state index contributed by atoms with van der Waals surface area (Å²) < 4.78 is 6.98. The summed E-state index contributed by atoms with van der Waals surface area (Å²) >= 11 is 5.11. The average Bonchev–Trinajstić information content (AvgIpc) is 3.02. The van der Waals surface area contributed by atoms with Crippen LogP contribution in [0.3, 0.4) is 0 Å². The fraction of sp³-hybridized carbons (Fsp3) is 0.214. The molecule has 98 valence electrons. The minimum absolute atomic E-state index is 0.568. The number of benzene rings is 1. The van der Waals surface area contributed by atoms with E-state index in [1.54, 1.807) is 11.3 Å². The zero-order valence-corrected chi connectivity index (χ0v) is 12.5. The molecule has 0 fully saturated rings. The molecule has 3 rings (SSSR count). The number of fused-ring (bicyclic) bond motifs is 1. The maximum atomic E-state index is 8.96. The fourth-order valence-corrected chi connectivity index (χ4v) is 3.65. The minimum Gasteiger partial charge on any atom is -0.488 e. The van der Waals surface area contributed by atoms with Crippen molar-refractivity contribution in [2.75, 3.05) is 0 Å². The van der Waals surface area contributed by atoms with Gasteiger partial charge in [0.15, 0.2) is 0 Å². The number of oxime groups is 1. The van der Waals surface area contributed by atoms with Crippen molar-refractivity contribution in [3.05, 3.63) is 50.1 Å². The van der Waals surface area contributed by atoms with Crippen LogP contribution in [-0.2, 0) is 13.0 Å². The third kappa shape index (κ3) is 2.53. The van der Waals surface area contributed by atoms with Crippen LogP contribution in [0.5, 0.6) is 5.75 Å². The van der Waals surface area contributed by atoms with E-state index in [2.05, 4.69) is 27.2 Å². The molecule has 1 aliphatic carbocycles. The molecule has 0 aliphatic heterocycles. The smallest absolute Gasteiger partial charge is 0.123 e. The van der Waals surface area contributed by atoms with Gasteiger partial charge in [-0.3, -0.25) is 0 Å². The molecule has 2 aromatic rings. The van der Waals surface area contributed by atoms with Gasteiger partial charge in [0.1, 0.15) is 12.4 Å². The predicted octanol–water partition coefficient (Wildman–Crippen LogP) is 4.21. The average molecular weight is 338 g/mol. The van der Waals surface area contributed by atoms with Gasteiger partial charge in [-0.1, -0.05) is 17.3 Å². The molecule has 1 aromatic carbocycles. The van der Waals surface area contributed by atoms with Crippen LogP contribution in [0, 0.1) is 0 Å². The lowest BCUT2D eigenvalue weighted by atomic mass is 10.1. The van der Waals surface area contributed by atoms with E-state index in [1.807, 2.05) is 23.6 Å². The predicted molar refractivity (Wildman–Crippen MR) is 79.4 cm³/mol. The normalized spacial score (nSPS) is 15.7. The molecular formula is C14H12BrNO2S. The third-order valence-electron chi connectivity index (χ3n) is 3.17. The Morgan fingerprint density at radius 1 is 1.37 bits per heavy atom. The molecule has 1 N–H and O–H groups in total.